The summed E-state index contributed by atoms with van der Waals surface area (Å²) in [5, 5.41) is 0. The van der Waals surface area contributed by atoms with Gasteiger partial charge in [-0.1, -0.05) is 12.8 Å². The Kier molecular flexibility index (Phi) is 7.66. The van der Waals surface area contributed by atoms with Gasteiger partial charge in [-0.25, -0.2) is 0 Å². The van der Waals surface area contributed by atoms with Crippen molar-refractivity contribution in [3.8, 4) is 0 Å². The minimum atomic E-state index is 0.551. The van der Waals surface area contributed by atoms with Gasteiger partial charge < -0.3 is 9.64 Å². The third kappa shape index (κ3) is 5.50. The van der Waals surface area contributed by atoms with Crippen LogP contribution in [0, 0.1) is 5.92 Å². The average molecular weight is 311 g/mol. The normalized spacial score (nSPS) is 31.8. The molecular weight excluding hydrogens is 272 g/mol. The number of nitrogens with zero attached hydrogens (tertiary/aromatic N) is 2. The summed E-state index contributed by atoms with van der Waals surface area (Å²) in [4.78, 5) is 5.33. The van der Waals surface area contributed by atoms with Gasteiger partial charge in [0.15, 0.2) is 0 Å². The molecule has 2 rings (SSSR count). The molecule has 1 heterocycles. The van der Waals surface area contributed by atoms with Crippen molar-refractivity contribution in [1.82, 2.24) is 9.80 Å². The predicted molar refractivity (Wildman–Crippen MR) is 94.4 cm³/mol. The number of ether oxygens (including phenoxy) is 1. The minimum Gasteiger partial charge on any atom is -0.381 e. The maximum absolute atomic E-state index is 5.47. The Hall–Kier alpha value is -0.120. The molecule has 3 nitrogen and oxygen atoms in total. The highest BCUT2D eigenvalue weighted by molar-refractivity contribution is 4.81. The van der Waals surface area contributed by atoms with Crippen LogP contribution in [0.25, 0.3) is 0 Å². The van der Waals surface area contributed by atoms with Gasteiger partial charge in [-0.2, -0.15) is 0 Å². The molecule has 0 aromatic carbocycles. The second-order valence-electron chi connectivity index (χ2n) is 7.86. The number of methoxy groups -OCH3 is 1. The van der Waals surface area contributed by atoms with Gasteiger partial charge in [-0.3, -0.25) is 4.90 Å². The summed E-state index contributed by atoms with van der Waals surface area (Å²) < 4.78 is 5.47. The molecule has 0 spiro atoms. The number of rotatable bonds is 7. The number of hydrogen-bond donors (Lipinski definition) is 0. The van der Waals surface area contributed by atoms with Crippen molar-refractivity contribution < 1.29 is 4.74 Å². The Morgan fingerprint density at radius 1 is 1.05 bits per heavy atom. The first-order valence-corrected chi connectivity index (χ1v) is 9.61. The van der Waals surface area contributed by atoms with Crippen molar-refractivity contribution in [2.45, 2.75) is 83.9 Å². The zero-order chi connectivity index (χ0) is 15.9. The van der Waals surface area contributed by atoms with Gasteiger partial charge >= 0.3 is 0 Å². The summed E-state index contributed by atoms with van der Waals surface area (Å²) in [7, 11) is 1.87. The fourth-order valence-corrected chi connectivity index (χ4v) is 4.44. The van der Waals surface area contributed by atoms with Crippen LogP contribution >= 0.6 is 0 Å². The second-order valence-corrected chi connectivity index (χ2v) is 7.86. The molecule has 0 amide bonds. The first kappa shape index (κ1) is 18.2. The SMILES string of the molecule is COC1CCC(CCCCN2CCN(C(C)C)[C@@H](C)C2)CC1. The van der Waals surface area contributed by atoms with Crippen LogP contribution in [0.4, 0.5) is 0 Å². The predicted octanol–water partition coefficient (Wildman–Crippen LogP) is 3.78. The number of hydrogen-bond acceptors (Lipinski definition) is 3. The van der Waals surface area contributed by atoms with E-state index in [0.717, 1.165) is 12.0 Å². The Labute approximate surface area is 138 Å². The van der Waals surface area contributed by atoms with E-state index in [1.54, 1.807) is 0 Å². The molecule has 0 aromatic rings. The van der Waals surface area contributed by atoms with Crippen molar-refractivity contribution in [3.63, 3.8) is 0 Å². The van der Waals surface area contributed by atoms with Gasteiger partial charge in [-0.15, -0.1) is 0 Å². The van der Waals surface area contributed by atoms with E-state index in [2.05, 4.69) is 30.6 Å². The maximum Gasteiger partial charge on any atom is 0.0571 e. The maximum atomic E-state index is 5.47. The molecule has 0 aromatic heterocycles. The molecule has 1 aliphatic carbocycles. The summed E-state index contributed by atoms with van der Waals surface area (Å²) in [6.07, 6.45) is 10.2. The fourth-order valence-electron chi connectivity index (χ4n) is 4.44. The van der Waals surface area contributed by atoms with E-state index in [0.29, 0.717) is 12.1 Å². The highest BCUT2D eigenvalue weighted by atomic mass is 16.5. The van der Waals surface area contributed by atoms with E-state index in [1.165, 1.54) is 71.1 Å². The van der Waals surface area contributed by atoms with Crippen LogP contribution in [0.2, 0.25) is 0 Å². The third-order valence-electron chi connectivity index (χ3n) is 5.89. The van der Waals surface area contributed by atoms with Crippen molar-refractivity contribution in [2.24, 2.45) is 5.92 Å². The summed E-state index contributed by atoms with van der Waals surface area (Å²) in [6.45, 7) is 12.1. The molecule has 1 saturated carbocycles. The molecule has 0 bridgehead atoms. The fraction of sp³-hybridized carbons (Fsp3) is 1.00. The van der Waals surface area contributed by atoms with Crippen LogP contribution in [0.1, 0.15) is 65.7 Å². The van der Waals surface area contributed by atoms with Crippen molar-refractivity contribution in [1.29, 1.82) is 0 Å². The van der Waals surface area contributed by atoms with E-state index < -0.39 is 0 Å². The summed E-state index contributed by atoms with van der Waals surface area (Å²) in [5.74, 6) is 0.975. The first-order chi connectivity index (χ1) is 10.6. The molecule has 2 fully saturated rings. The summed E-state index contributed by atoms with van der Waals surface area (Å²) >= 11 is 0. The lowest BCUT2D eigenvalue weighted by Gasteiger charge is -2.42. The highest BCUT2D eigenvalue weighted by Crippen LogP contribution is 2.29. The van der Waals surface area contributed by atoms with E-state index in [-0.39, 0.29) is 0 Å². The average Bonchev–Trinajstić information content (AvgIpc) is 2.52. The molecule has 3 heteroatoms. The van der Waals surface area contributed by atoms with Crippen molar-refractivity contribution in [2.75, 3.05) is 33.3 Å². The van der Waals surface area contributed by atoms with Crippen LogP contribution in [-0.2, 0) is 4.74 Å². The molecule has 130 valence electrons. The number of unbranched alkanes of at least 4 members (excludes halogenated alkanes) is 1. The van der Waals surface area contributed by atoms with E-state index in [4.69, 9.17) is 4.74 Å². The minimum absolute atomic E-state index is 0.551. The topological polar surface area (TPSA) is 15.7 Å². The molecule has 0 N–H and O–H groups in total. The summed E-state index contributed by atoms with van der Waals surface area (Å²) in [6, 6.07) is 1.41. The van der Waals surface area contributed by atoms with E-state index >= 15 is 0 Å². The lowest BCUT2D eigenvalue weighted by atomic mass is 9.84. The smallest absolute Gasteiger partial charge is 0.0571 e. The van der Waals surface area contributed by atoms with Gasteiger partial charge in [0.2, 0.25) is 0 Å². The Morgan fingerprint density at radius 3 is 2.36 bits per heavy atom. The molecule has 0 radical (unpaired) electrons. The van der Waals surface area contributed by atoms with Crippen LogP contribution in [0.5, 0.6) is 0 Å². The quantitative estimate of drug-likeness (QED) is 0.666. The first-order valence-electron chi connectivity index (χ1n) is 9.61. The standard InChI is InChI=1S/C19H38N2O/c1-16(2)21-14-13-20(15-17(21)3)12-6-5-7-18-8-10-19(22-4)11-9-18/h16-19H,5-15H2,1-4H3/t17-,18?,19?/m0/s1. The largest absolute Gasteiger partial charge is 0.381 e. The molecule has 1 aliphatic heterocycles. The molecule has 22 heavy (non-hydrogen) atoms. The lowest BCUT2D eigenvalue weighted by molar-refractivity contribution is 0.0528. The van der Waals surface area contributed by atoms with Gasteiger partial charge in [0.25, 0.3) is 0 Å². The van der Waals surface area contributed by atoms with Crippen LogP contribution in [0.3, 0.4) is 0 Å². The molecular formula is C19H38N2O. The van der Waals surface area contributed by atoms with Crippen molar-refractivity contribution in [3.05, 3.63) is 0 Å². The number of piperazine rings is 1. The van der Waals surface area contributed by atoms with Crippen LogP contribution < -0.4 is 0 Å². The second kappa shape index (κ2) is 9.24. The van der Waals surface area contributed by atoms with Crippen LogP contribution in [0.15, 0.2) is 0 Å². The Balaban J connectivity index is 1.54. The monoisotopic (exact) mass is 310 g/mol. The highest BCUT2D eigenvalue weighted by Gasteiger charge is 2.25. The van der Waals surface area contributed by atoms with E-state index in [9.17, 15) is 0 Å². The molecule has 0 unspecified atom stereocenters. The van der Waals surface area contributed by atoms with Gasteiger partial charge in [0.05, 0.1) is 6.10 Å². The summed E-state index contributed by atoms with van der Waals surface area (Å²) in [5.41, 5.74) is 0. The van der Waals surface area contributed by atoms with Gasteiger partial charge in [-0.05, 0) is 65.3 Å². The van der Waals surface area contributed by atoms with Gasteiger partial charge in [0.1, 0.15) is 0 Å². The Morgan fingerprint density at radius 2 is 1.77 bits per heavy atom. The lowest BCUT2D eigenvalue weighted by Crippen LogP contribution is -2.54. The van der Waals surface area contributed by atoms with Gasteiger partial charge in [0, 0.05) is 38.8 Å². The Bertz CT molecular complexity index is 300. The van der Waals surface area contributed by atoms with Crippen LogP contribution in [-0.4, -0.2) is 61.3 Å². The molecule has 2 aliphatic rings. The third-order valence-corrected chi connectivity index (χ3v) is 5.89. The zero-order valence-corrected chi connectivity index (χ0v) is 15.4. The zero-order valence-electron chi connectivity index (χ0n) is 15.4. The van der Waals surface area contributed by atoms with E-state index in [1.807, 2.05) is 7.11 Å². The molecule has 1 atom stereocenters. The molecule has 1 saturated heterocycles. The van der Waals surface area contributed by atoms with Crippen molar-refractivity contribution >= 4 is 0 Å².